The fraction of sp³-hybridized carbons (Fsp3) is 0.800. The van der Waals surface area contributed by atoms with Crippen molar-refractivity contribution in [3.8, 4) is 0 Å². The first-order chi connectivity index (χ1) is 9.88. The Labute approximate surface area is 125 Å². The third-order valence-corrected chi connectivity index (χ3v) is 4.52. The molecule has 0 aromatic carbocycles. The number of rotatable bonds is 4. The second kappa shape index (κ2) is 6.45. The van der Waals surface area contributed by atoms with Gasteiger partial charge in [0, 0.05) is 38.5 Å². The van der Waals surface area contributed by atoms with Crippen LogP contribution in [0.4, 0.5) is 0 Å². The molecule has 0 spiro atoms. The lowest BCUT2D eigenvalue weighted by atomic mass is 9.92. The van der Waals surface area contributed by atoms with Crippen LogP contribution in [0.1, 0.15) is 39.5 Å². The number of carboxylic acids is 1. The van der Waals surface area contributed by atoms with Crippen molar-refractivity contribution in [1.82, 2.24) is 9.80 Å². The molecule has 2 heterocycles. The van der Waals surface area contributed by atoms with E-state index in [4.69, 9.17) is 5.11 Å². The Morgan fingerprint density at radius 3 is 2.38 bits per heavy atom. The third-order valence-electron chi connectivity index (χ3n) is 4.52. The second-order valence-corrected chi connectivity index (χ2v) is 6.41. The molecule has 2 amide bonds. The van der Waals surface area contributed by atoms with Gasteiger partial charge in [-0.2, -0.15) is 0 Å². The summed E-state index contributed by atoms with van der Waals surface area (Å²) in [4.78, 5) is 38.6. The van der Waals surface area contributed by atoms with Crippen molar-refractivity contribution in [3.05, 3.63) is 0 Å². The lowest BCUT2D eigenvalue weighted by molar-refractivity contribution is -0.139. The molecule has 0 bridgehead atoms. The zero-order valence-electron chi connectivity index (χ0n) is 12.7. The van der Waals surface area contributed by atoms with Gasteiger partial charge in [-0.25, -0.2) is 0 Å². The Hall–Kier alpha value is -1.59. The SMILES string of the molecule is CC(C)N1CC(C(=O)N2CCC(CC(=O)O)CC2)CC1=O. The van der Waals surface area contributed by atoms with Gasteiger partial charge in [0.1, 0.15) is 0 Å². The molecule has 1 N–H and O–H groups in total. The predicted molar refractivity (Wildman–Crippen MR) is 76.5 cm³/mol. The van der Waals surface area contributed by atoms with E-state index in [9.17, 15) is 14.4 Å². The number of piperidine rings is 1. The lowest BCUT2D eigenvalue weighted by Crippen LogP contribution is -2.43. The molecule has 21 heavy (non-hydrogen) atoms. The van der Waals surface area contributed by atoms with Gasteiger partial charge in [-0.3, -0.25) is 14.4 Å². The Bertz CT molecular complexity index is 427. The van der Waals surface area contributed by atoms with Crippen LogP contribution in [0.5, 0.6) is 0 Å². The predicted octanol–water partition coefficient (Wildman–Crippen LogP) is 0.957. The maximum absolute atomic E-state index is 12.5. The van der Waals surface area contributed by atoms with Gasteiger partial charge < -0.3 is 14.9 Å². The molecule has 2 aliphatic rings. The Kier molecular flexibility index (Phi) is 4.85. The molecule has 118 valence electrons. The number of amides is 2. The van der Waals surface area contributed by atoms with Crippen LogP contribution in [0.3, 0.4) is 0 Å². The quantitative estimate of drug-likeness (QED) is 0.838. The monoisotopic (exact) mass is 296 g/mol. The fourth-order valence-corrected chi connectivity index (χ4v) is 3.26. The van der Waals surface area contributed by atoms with E-state index in [0.29, 0.717) is 26.1 Å². The van der Waals surface area contributed by atoms with Gasteiger partial charge in [0.25, 0.3) is 0 Å². The van der Waals surface area contributed by atoms with E-state index in [2.05, 4.69) is 0 Å². The van der Waals surface area contributed by atoms with Crippen molar-refractivity contribution in [3.63, 3.8) is 0 Å². The van der Waals surface area contributed by atoms with Crippen LogP contribution in [0.15, 0.2) is 0 Å². The average Bonchev–Trinajstić information content (AvgIpc) is 2.80. The molecule has 0 aliphatic carbocycles. The van der Waals surface area contributed by atoms with Gasteiger partial charge in [-0.05, 0) is 32.6 Å². The highest BCUT2D eigenvalue weighted by Gasteiger charge is 2.38. The molecule has 1 atom stereocenters. The van der Waals surface area contributed by atoms with Gasteiger partial charge in [0.2, 0.25) is 11.8 Å². The van der Waals surface area contributed by atoms with Gasteiger partial charge in [0.05, 0.1) is 5.92 Å². The smallest absolute Gasteiger partial charge is 0.303 e. The summed E-state index contributed by atoms with van der Waals surface area (Å²) in [5, 5.41) is 8.80. The highest BCUT2D eigenvalue weighted by atomic mass is 16.4. The van der Waals surface area contributed by atoms with Gasteiger partial charge in [0.15, 0.2) is 0 Å². The van der Waals surface area contributed by atoms with Crippen molar-refractivity contribution in [2.24, 2.45) is 11.8 Å². The molecule has 0 saturated carbocycles. The molecule has 2 fully saturated rings. The molecule has 6 heteroatoms. The molecule has 2 saturated heterocycles. The number of hydrogen-bond donors (Lipinski definition) is 1. The molecule has 2 aliphatic heterocycles. The van der Waals surface area contributed by atoms with E-state index in [0.717, 1.165) is 12.8 Å². The zero-order valence-corrected chi connectivity index (χ0v) is 12.7. The van der Waals surface area contributed by atoms with Crippen molar-refractivity contribution in [1.29, 1.82) is 0 Å². The minimum atomic E-state index is -0.770. The first kappa shape index (κ1) is 15.8. The fourth-order valence-electron chi connectivity index (χ4n) is 3.26. The molecule has 1 unspecified atom stereocenters. The number of carbonyl (C=O) groups is 3. The van der Waals surface area contributed by atoms with Crippen molar-refractivity contribution in [2.75, 3.05) is 19.6 Å². The normalized spacial score (nSPS) is 24.0. The second-order valence-electron chi connectivity index (χ2n) is 6.41. The van der Waals surface area contributed by atoms with E-state index >= 15 is 0 Å². The van der Waals surface area contributed by atoms with Crippen LogP contribution < -0.4 is 0 Å². The summed E-state index contributed by atoms with van der Waals surface area (Å²) in [6.45, 7) is 5.67. The summed E-state index contributed by atoms with van der Waals surface area (Å²) in [5.41, 5.74) is 0. The number of aliphatic carboxylic acids is 1. The Morgan fingerprint density at radius 1 is 1.29 bits per heavy atom. The molecule has 0 aromatic rings. The maximum atomic E-state index is 12.5. The zero-order chi connectivity index (χ0) is 15.6. The van der Waals surface area contributed by atoms with E-state index in [1.165, 1.54) is 0 Å². The molecular formula is C15H24N2O4. The Balaban J connectivity index is 1.85. The van der Waals surface area contributed by atoms with E-state index in [-0.39, 0.29) is 36.1 Å². The first-order valence-electron chi connectivity index (χ1n) is 7.68. The maximum Gasteiger partial charge on any atom is 0.303 e. The van der Waals surface area contributed by atoms with Crippen LogP contribution in [-0.2, 0) is 14.4 Å². The summed E-state index contributed by atoms with van der Waals surface area (Å²) in [6, 6.07) is 0.136. The largest absolute Gasteiger partial charge is 0.481 e. The van der Waals surface area contributed by atoms with Crippen LogP contribution in [0.25, 0.3) is 0 Å². The molecule has 2 rings (SSSR count). The third kappa shape index (κ3) is 3.74. The summed E-state index contributed by atoms with van der Waals surface area (Å²) in [6.07, 6.45) is 1.98. The van der Waals surface area contributed by atoms with E-state index in [1.54, 1.807) is 9.80 Å². The van der Waals surface area contributed by atoms with Gasteiger partial charge in [-0.1, -0.05) is 0 Å². The van der Waals surface area contributed by atoms with Gasteiger partial charge in [-0.15, -0.1) is 0 Å². The van der Waals surface area contributed by atoms with Crippen LogP contribution in [-0.4, -0.2) is 58.4 Å². The van der Waals surface area contributed by atoms with Crippen LogP contribution >= 0.6 is 0 Å². The van der Waals surface area contributed by atoms with E-state index < -0.39 is 5.97 Å². The highest BCUT2D eigenvalue weighted by molar-refractivity contribution is 5.89. The average molecular weight is 296 g/mol. The summed E-state index contributed by atoms with van der Waals surface area (Å²) in [7, 11) is 0. The lowest BCUT2D eigenvalue weighted by Gasteiger charge is -2.33. The number of likely N-dealkylation sites (tertiary alicyclic amines) is 2. The van der Waals surface area contributed by atoms with Crippen molar-refractivity contribution >= 4 is 17.8 Å². The number of carbonyl (C=O) groups excluding carboxylic acids is 2. The standard InChI is InChI=1S/C15H24N2O4/c1-10(2)17-9-12(8-13(17)18)15(21)16-5-3-11(4-6-16)7-14(19)20/h10-12H,3-9H2,1-2H3,(H,19,20). The number of carboxylic acid groups (broad SMARTS) is 1. The highest BCUT2D eigenvalue weighted by Crippen LogP contribution is 2.26. The first-order valence-corrected chi connectivity index (χ1v) is 7.68. The summed E-state index contributed by atoms with van der Waals surface area (Å²) in [5.74, 6) is -0.710. The van der Waals surface area contributed by atoms with Gasteiger partial charge >= 0.3 is 5.97 Å². The van der Waals surface area contributed by atoms with Crippen LogP contribution in [0, 0.1) is 11.8 Å². The topological polar surface area (TPSA) is 77.9 Å². The number of nitrogens with zero attached hydrogens (tertiary/aromatic N) is 2. The Morgan fingerprint density at radius 2 is 1.90 bits per heavy atom. The van der Waals surface area contributed by atoms with Crippen molar-refractivity contribution < 1.29 is 19.5 Å². The molecule has 0 aromatic heterocycles. The van der Waals surface area contributed by atoms with Crippen molar-refractivity contribution in [2.45, 2.75) is 45.6 Å². The number of hydrogen-bond acceptors (Lipinski definition) is 3. The molecule has 6 nitrogen and oxygen atoms in total. The summed E-state index contributed by atoms with van der Waals surface area (Å²) < 4.78 is 0. The molecular weight excluding hydrogens is 272 g/mol. The minimum absolute atomic E-state index is 0.0558. The summed E-state index contributed by atoms with van der Waals surface area (Å²) >= 11 is 0. The minimum Gasteiger partial charge on any atom is -0.481 e. The van der Waals surface area contributed by atoms with Crippen LogP contribution in [0.2, 0.25) is 0 Å². The van der Waals surface area contributed by atoms with E-state index in [1.807, 2.05) is 13.8 Å². The molecule has 0 radical (unpaired) electrons.